The molecule has 29 heavy (non-hydrogen) atoms. The van der Waals surface area contributed by atoms with Gasteiger partial charge in [-0.25, -0.2) is 4.79 Å². The van der Waals surface area contributed by atoms with E-state index in [2.05, 4.69) is 13.5 Å². The van der Waals surface area contributed by atoms with E-state index in [9.17, 15) is 4.79 Å². The number of unbranched alkanes of at least 4 members (excludes halogenated alkanes) is 15. The number of rotatable bonds is 24. The van der Waals surface area contributed by atoms with Gasteiger partial charge in [-0.3, -0.25) is 0 Å². The van der Waals surface area contributed by atoms with Crippen LogP contribution in [-0.2, 0) is 19.0 Å². The van der Waals surface area contributed by atoms with Gasteiger partial charge in [-0.2, -0.15) is 0 Å². The highest BCUT2D eigenvalue weighted by atomic mass is 16.6. The van der Waals surface area contributed by atoms with E-state index in [4.69, 9.17) is 14.2 Å². The molecule has 0 fully saturated rings. The molecule has 0 aromatic carbocycles. The largest absolute Gasteiger partial charge is 0.460 e. The van der Waals surface area contributed by atoms with Crippen molar-refractivity contribution in [2.24, 2.45) is 0 Å². The first kappa shape index (κ1) is 28.1. The summed E-state index contributed by atoms with van der Waals surface area (Å²) in [6, 6.07) is 0. The van der Waals surface area contributed by atoms with E-state index in [1.165, 1.54) is 96.3 Å². The fourth-order valence-corrected chi connectivity index (χ4v) is 3.33. The topological polar surface area (TPSA) is 44.8 Å². The van der Waals surface area contributed by atoms with E-state index >= 15 is 0 Å². The van der Waals surface area contributed by atoms with Crippen LogP contribution in [0.3, 0.4) is 0 Å². The fourth-order valence-electron chi connectivity index (χ4n) is 3.33. The molecule has 0 saturated heterocycles. The van der Waals surface area contributed by atoms with Crippen molar-refractivity contribution in [3.63, 3.8) is 0 Å². The molecule has 0 rings (SSSR count). The van der Waals surface area contributed by atoms with Gasteiger partial charge >= 0.3 is 5.97 Å². The maximum absolute atomic E-state index is 10.8. The summed E-state index contributed by atoms with van der Waals surface area (Å²) in [6.07, 6.45) is 23.3. The molecule has 0 aromatic heterocycles. The summed E-state index contributed by atoms with van der Waals surface area (Å²) in [7, 11) is 0. The lowest BCUT2D eigenvalue weighted by Gasteiger charge is -2.06. The van der Waals surface area contributed by atoms with E-state index in [1.54, 1.807) is 0 Å². The molecule has 0 bridgehead atoms. The molecule has 0 spiro atoms. The SMILES string of the molecule is C=CC(=O)OCCOCCOCCCCCCCCCCCCCCCCCC. The first-order valence-electron chi connectivity index (χ1n) is 12.3. The van der Waals surface area contributed by atoms with Gasteiger partial charge in [0.25, 0.3) is 0 Å². The monoisotopic (exact) mass is 412 g/mol. The Morgan fingerprint density at radius 3 is 1.41 bits per heavy atom. The second-order valence-electron chi connectivity index (χ2n) is 7.90. The van der Waals surface area contributed by atoms with Gasteiger partial charge in [0, 0.05) is 12.7 Å². The standard InChI is InChI=1S/C25H48O4/c1-3-5-6-7-8-9-10-11-12-13-14-15-16-17-18-19-20-27-21-22-28-23-24-29-25(26)4-2/h4H,2-3,5-24H2,1H3. The lowest BCUT2D eigenvalue weighted by molar-refractivity contribution is -0.139. The van der Waals surface area contributed by atoms with Crippen molar-refractivity contribution in [1.29, 1.82) is 0 Å². The highest BCUT2D eigenvalue weighted by Crippen LogP contribution is 2.13. The fraction of sp³-hybridized carbons (Fsp3) is 0.880. The Kier molecular flexibility index (Phi) is 24.4. The Morgan fingerprint density at radius 2 is 0.966 bits per heavy atom. The maximum atomic E-state index is 10.8. The molecular formula is C25H48O4. The number of esters is 1. The molecule has 0 atom stereocenters. The Balaban J connectivity index is 3.01. The van der Waals surface area contributed by atoms with Crippen LogP contribution in [0.1, 0.15) is 110 Å². The van der Waals surface area contributed by atoms with Crippen LogP contribution in [0.5, 0.6) is 0 Å². The van der Waals surface area contributed by atoms with Crippen molar-refractivity contribution in [1.82, 2.24) is 0 Å². The average molecular weight is 413 g/mol. The predicted octanol–water partition coefficient (Wildman–Crippen LogP) is 7.01. The van der Waals surface area contributed by atoms with Crippen molar-refractivity contribution in [2.75, 3.05) is 33.0 Å². The van der Waals surface area contributed by atoms with Crippen LogP contribution in [0.4, 0.5) is 0 Å². The molecular weight excluding hydrogens is 364 g/mol. The molecule has 0 unspecified atom stereocenters. The van der Waals surface area contributed by atoms with Crippen molar-refractivity contribution < 1.29 is 19.0 Å². The summed E-state index contributed by atoms with van der Waals surface area (Å²) in [6.45, 7) is 8.25. The zero-order chi connectivity index (χ0) is 21.3. The number of carbonyl (C=O) groups is 1. The highest BCUT2D eigenvalue weighted by Gasteiger charge is 1.96. The molecule has 0 N–H and O–H groups in total. The van der Waals surface area contributed by atoms with Gasteiger partial charge in [-0.05, 0) is 6.42 Å². The van der Waals surface area contributed by atoms with Crippen LogP contribution in [0.15, 0.2) is 12.7 Å². The third-order valence-corrected chi connectivity index (χ3v) is 5.15. The second kappa shape index (κ2) is 25.2. The zero-order valence-corrected chi connectivity index (χ0v) is 19.3. The first-order valence-corrected chi connectivity index (χ1v) is 12.3. The van der Waals surface area contributed by atoms with Gasteiger partial charge in [-0.15, -0.1) is 0 Å². The van der Waals surface area contributed by atoms with Crippen LogP contribution in [-0.4, -0.2) is 39.0 Å². The van der Waals surface area contributed by atoms with Crippen LogP contribution in [0.2, 0.25) is 0 Å². The third-order valence-electron chi connectivity index (χ3n) is 5.15. The van der Waals surface area contributed by atoms with E-state index < -0.39 is 5.97 Å². The van der Waals surface area contributed by atoms with Gasteiger partial charge in [0.15, 0.2) is 0 Å². The van der Waals surface area contributed by atoms with Crippen molar-refractivity contribution in [3.8, 4) is 0 Å². The third kappa shape index (κ3) is 25.1. The van der Waals surface area contributed by atoms with Crippen molar-refractivity contribution in [3.05, 3.63) is 12.7 Å². The van der Waals surface area contributed by atoms with Crippen molar-refractivity contribution >= 4 is 5.97 Å². The number of hydrogen-bond donors (Lipinski definition) is 0. The molecule has 0 aromatic rings. The van der Waals surface area contributed by atoms with Gasteiger partial charge in [-0.1, -0.05) is 110 Å². The lowest BCUT2D eigenvalue weighted by Crippen LogP contribution is -2.11. The quantitative estimate of drug-likeness (QED) is 0.0971. The van der Waals surface area contributed by atoms with E-state index in [1.807, 2.05) is 0 Å². The van der Waals surface area contributed by atoms with E-state index in [0.29, 0.717) is 19.8 Å². The molecule has 0 aliphatic heterocycles. The minimum Gasteiger partial charge on any atom is -0.460 e. The number of hydrogen-bond acceptors (Lipinski definition) is 4. The van der Waals surface area contributed by atoms with Crippen molar-refractivity contribution in [2.45, 2.75) is 110 Å². The predicted molar refractivity (Wildman–Crippen MR) is 122 cm³/mol. The molecule has 0 aliphatic carbocycles. The molecule has 0 aliphatic rings. The normalized spacial score (nSPS) is 10.9. The first-order chi connectivity index (χ1) is 14.3. The summed E-state index contributed by atoms with van der Waals surface area (Å²) < 4.78 is 15.7. The van der Waals surface area contributed by atoms with E-state index in [0.717, 1.165) is 19.1 Å². The summed E-state index contributed by atoms with van der Waals surface area (Å²) in [5.41, 5.74) is 0. The molecule has 172 valence electrons. The van der Waals surface area contributed by atoms with Gasteiger partial charge < -0.3 is 14.2 Å². The average Bonchev–Trinajstić information content (AvgIpc) is 2.74. The Bertz CT molecular complexity index is 344. The number of ether oxygens (including phenoxy) is 3. The van der Waals surface area contributed by atoms with Gasteiger partial charge in [0.2, 0.25) is 0 Å². The van der Waals surface area contributed by atoms with E-state index in [-0.39, 0.29) is 6.61 Å². The maximum Gasteiger partial charge on any atom is 0.330 e. The smallest absolute Gasteiger partial charge is 0.330 e. The molecule has 0 saturated carbocycles. The summed E-state index contributed by atoms with van der Waals surface area (Å²) in [5.74, 6) is -0.409. The summed E-state index contributed by atoms with van der Waals surface area (Å²) in [5, 5.41) is 0. The summed E-state index contributed by atoms with van der Waals surface area (Å²) in [4.78, 5) is 10.8. The Hall–Kier alpha value is -0.870. The zero-order valence-electron chi connectivity index (χ0n) is 19.3. The highest BCUT2D eigenvalue weighted by molar-refractivity contribution is 5.81. The Labute approximate surface area is 180 Å². The molecule has 4 heteroatoms. The minimum atomic E-state index is -0.409. The van der Waals surface area contributed by atoms with Gasteiger partial charge in [0.1, 0.15) is 6.61 Å². The van der Waals surface area contributed by atoms with Crippen LogP contribution in [0, 0.1) is 0 Å². The molecule has 0 radical (unpaired) electrons. The minimum absolute atomic E-state index is 0.268. The van der Waals surface area contributed by atoms with Gasteiger partial charge in [0.05, 0.1) is 19.8 Å². The molecule has 0 amide bonds. The second-order valence-corrected chi connectivity index (χ2v) is 7.90. The van der Waals surface area contributed by atoms with Crippen LogP contribution in [0.25, 0.3) is 0 Å². The summed E-state index contributed by atoms with van der Waals surface area (Å²) >= 11 is 0. The molecule has 0 heterocycles. The Morgan fingerprint density at radius 1 is 0.586 bits per heavy atom. The van der Waals surface area contributed by atoms with Crippen LogP contribution >= 0.6 is 0 Å². The van der Waals surface area contributed by atoms with Crippen LogP contribution < -0.4 is 0 Å². The lowest BCUT2D eigenvalue weighted by atomic mass is 10.0. The number of carbonyl (C=O) groups excluding carboxylic acids is 1. The molecule has 4 nitrogen and oxygen atoms in total.